The molecule has 0 fully saturated rings. The van der Waals surface area contributed by atoms with Crippen LogP contribution in [0.25, 0.3) is 6.08 Å². The Hall–Kier alpha value is -1.68. The molecule has 3 nitrogen and oxygen atoms in total. The van der Waals surface area contributed by atoms with Crippen LogP contribution in [0.2, 0.25) is 0 Å². The van der Waals surface area contributed by atoms with E-state index in [-0.39, 0.29) is 6.42 Å². The van der Waals surface area contributed by atoms with Gasteiger partial charge in [0.05, 0.1) is 6.42 Å². The van der Waals surface area contributed by atoms with Crippen LogP contribution in [0.5, 0.6) is 0 Å². The lowest BCUT2D eigenvalue weighted by Gasteiger charge is -2.01. The smallest absolute Gasteiger partial charge is 0.307 e. The molecule has 0 spiro atoms. The number of carboxylic acids is 1. The number of benzene rings is 1. The molecule has 0 unspecified atom stereocenters. The van der Waals surface area contributed by atoms with Gasteiger partial charge in [0.15, 0.2) is 0 Å². The van der Waals surface area contributed by atoms with E-state index in [1.165, 1.54) is 6.07 Å². The van der Waals surface area contributed by atoms with Crippen molar-refractivity contribution in [1.82, 2.24) is 5.32 Å². The molecule has 2 N–H and O–H groups in total. The van der Waals surface area contributed by atoms with E-state index in [2.05, 4.69) is 5.32 Å². The van der Waals surface area contributed by atoms with E-state index in [9.17, 15) is 9.18 Å². The molecule has 0 saturated heterocycles. The van der Waals surface area contributed by atoms with Crippen LogP contribution in [0.15, 0.2) is 24.3 Å². The van der Waals surface area contributed by atoms with Crippen LogP contribution in [0.1, 0.15) is 11.1 Å². The Morgan fingerprint density at radius 2 is 2.31 bits per heavy atom. The number of rotatable bonds is 5. The van der Waals surface area contributed by atoms with Crippen molar-refractivity contribution in [3.63, 3.8) is 0 Å². The van der Waals surface area contributed by atoms with Gasteiger partial charge in [-0.25, -0.2) is 4.39 Å². The molecule has 0 aliphatic carbocycles. The van der Waals surface area contributed by atoms with Crippen molar-refractivity contribution >= 4 is 12.0 Å². The SMILES string of the molecule is CNCC=Cc1ccc(CC(=O)O)cc1F. The number of carboxylic acid groups (broad SMARTS) is 1. The van der Waals surface area contributed by atoms with Gasteiger partial charge < -0.3 is 10.4 Å². The van der Waals surface area contributed by atoms with Crippen LogP contribution < -0.4 is 5.32 Å². The number of nitrogens with one attached hydrogen (secondary N) is 1. The summed E-state index contributed by atoms with van der Waals surface area (Å²) in [5, 5.41) is 11.5. The summed E-state index contributed by atoms with van der Waals surface area (Å²) < 4.78 is 13.5. The van der Waals surface area contributed by atoms with Crippen molar-refractivity contribution in [2.45, 2.75) is 6.42 Å². The zero-order valence-electron chi connectivity index (χ0n) is 9.03. The summed E-state index contributed by atoms with van der Waals surface area (Å²) in [4.78, 5) is 10.4. The maximum absolute atomic E-state index is 13.5. The first-order valence-corrected chi connectivity index (χ1v) is 4.95. The van der Waals surface area contributed by atoms with E-state index in [0.717, 1.165) is 0 Å². The summed E-state index contributed by atoms with van der Waals surface area (Å²) in [5.41, 5.74) is 0.931. The van der Waals surface area contributed by atoms with Crippen LogP contribution in [0.4, 0.5) is 4.39 Å². The average Bonchev–Trinajstić information content (AvgIpc) is 2.20. The second kappa shape index (κ2) is 6.02. The third kappa shape index (κ3) is 3.82. The molecular formula is C12H14FNO2. The summed E-state index contributed by atoms with van der Waals surface area (Å²) in [6.45, 7) is 0.663. The van der Waals surface area contributed by atoms with Gasteiger partial charge in [-0.05, 0) is 18.7 Å². The summed E-state index contributed by atoms with van der Waals surface area (Å²) >= 11 is 0. The minimum Gasteiger partial charge on any atom is -0.481 e. The molecule has 0 saturated carbocycles. The number of halogens is 1. The van der Waals surface area contributed by atoms with Gasteiger partial charge in [-0.15, -0.1) is 0 Å². The Kier molecular flexibility index (Phi) is 4.66. The summed E-state index contributed by atoms with van der Waals surface area (Å²) in [6, 6.07) is 4.46. The van der Waals surface area contributed by atoms with Crippen molar-refractivity contribution < 1.29 is 14.3 Å². The van der Waals surface area contributed by atoms with Crippen molar-refractivity contribution in [3.8, 4) is 0 Å². The molecule has 1 aromatic carbocycles. The van der Waals surface area contributed by atoms with Crippen molar-refractivity contribution in [1.29, 1.82) is 0 Å². The van der Waals surface area contributed by atoms with Gasteiger partial charge in [0.2, 0.25) is 0 Å². The second-order valence-electron chi connectivity index (χ2n) is 3.39. The van der Waals surface area contributed by atoms with Crippen LogP contribution in [-0.2, 0) is 11.2 Å². The minimum atomic E-state index is -0.960. The highest BCUT2D eigenvalue weighted by Gasteiger charge is 2.04. The third-order valence-corrected chi connectivity index (χ3v) is 2.04. The molecule has 1 aromatic rings. The van der Waals surface area contributed by atoms with Crippen LogP contribution in [0, 0.1) is 5.82 Å². The normalized spacial score (nSPS) is 10.9. The van der Waals surface area contributed by atoms with E-state index in [1.54, 1.807) is 31.3 Å². The van der Waals surface area contributed by atoms with Gasteiger partial charge in [0, 0.05) is 12.1 Å². The quantitative estimate of drug-likeness (QED) is 0.798. The van der Waals surface area contributed by atoms with E-state index >= 15 is 0 Å². The fourth-order valence-electron chi connectivity index (χ4n) is 1.29. The second-order valence-corrected chi connectivity index (χ2v) is 3.39. The number of hydrogen-bond acceptors (Lipinski definition) is 2. The number of carbonyl (C=O) groups is 1. The number of likely N-dealkylation sites (N-methyl/N-ethyl adjacent to an activating group) is 1. The zero-order chi connectivity index (χ0) is 12.0. The van der Waals surface area contributed by atoms with Crippen molar-refractivity contribution in [3.05, 3.63) is 41.2 Å². The van der Waals surface area contributed by atoms with E-state index in [1.807, 2.05) is 0 Å². The maximum Gasteiger partial charge on any atom is 0.307 e. The van der Waals surface area contributed by atoms with E-state index < -0.39 is 11.8 Å². The topological polar surface area (TPSA) is 49.3 Å². The molecule has 16 heavy (non-hydrogen) atoms. The first-order valence-electron chi connectivity index (χ1n) is 4.95. The molecule has 0 aromatic heterocycles. The first kappa shape index (κ1) is 12.4. The Bertz CT molecular complexity index is 402. The Morgan fingerprint density at radius 1 is 1.56 bits per heavy atom. The Balaban J connectivity index is 2.79. The Morgan fingerprint density at radius 3 is 2.88 bits per heavy atom. The largest absolute Gasteiger partial charge is 0.481 e. The predicted octanol–water partition coefficient (Wildman–Crippen LogP) is 1.69. The lowest BCUT2D eigenvalue weighted by Crippen LogP contribution is -2.04. The van der Waals surface area contributed by atoms with E-state index in [0.29, 0.717) is 17.7 Å². The minimum absolute atomic E-state index is 0.155. The van der Waals surface area contributed by atoms with Gasteiger partial charge >= 0.3 is 5.97 Å². The zero-order valence-corrected chi connectivity index (χ0v) is 9.03. The van der Waals surface area contributed by atoms with Gasteiger partial charge in [0.1, 0.15) is 5.82 Å². The van der Waals surface area contributed by atoms with Crippen LogP contribution in [-0.4, -0.2) is 24.7 Å². The van der Waals surface area contributed by atoms with Gasteiger partial charge in [0.25, 0.3) is 0 Å². The molecule has 0 aliphatic heterocycles. The van der Waals surface area contributed by atoms with E-state index in [4.69, 9.17) is 5.11 Å². The highest BCUT2D eigenvalue weighted by molar-refractivity contribution is 5.70. The molecule has 0 aliphatic rings. The predicted molar refractivity (Wildman–Crippen MR) is 60.7 cm³/mol. The average molecular weight is 223 g/mol. The molecular weight excluding hydrogens is 209 g/mol. The third-order valence-electron chi connectivity index (χ3n) is 2.04. The number of aliphatic carboxylic acids is 1. The lowest BCUT2D eigenvalue weighted by molar-refractivity contribution is -0.136. The van der Waals surface area contributed by atoms with Crippen molar-refractivity contribution in [2.24, 2.45) is 0 Å². The Labute approximate surface area is 93.6 Å². The summed E-state index contributed by atoms with van der Waals surface area (Å²) in [5.74, 6) is -1.36. The van der Waals surface area contributed by atoms with Gasteiger partial charge in [-0.3, -0.25) is 4.79 Å². The molecule has 0 amide bonds. The van der Waals surface area contributed by atoms with Crippen LogP contribution >= 0.6 is 0 Å². The maximum atomic E-state index is 13.5. The highest BCUT2D eigenvalue weighted by Crippen LogP contribution is 2.12. The molecule has 86 valence electrons. The fraction of sp³-hybridized carbons (Fsp3) is 0.250. The highest BCUT2D eigenvalue weighted by atomic mass is 19.1. The lowest BCUT2D eigenvalue weighted by atomic mass is 10.1. The fourth-order valence-corrected chi connectivity index (χ4v) is 1.29. The standard InChI is InChI=1S/C12H14FNO2/c1-14-6-2-3-10-5-4-9(7-11(10)13)8-12(15)16/h2-5,7,14H,6,8H2,1H3,(H,15,16). The molecule has 0 bridgehead atoms. The first-order chi connectivity index (χ1) is 7.63. The molecule has 0 radical (unpaired) electrons. The van der Waals surface area contributed by atoms with Crippen molar-refractivity contribution in [2.75, 3.05) is 13.6 Å². The molecule has 0 atom stereocenters. The van der Waals surface area contributed by atoms with Gasteiger partial charge in [-0.2, -0.15) is 0 Å². The van der Waals surface area contributed by atoms with Crippen LogP contribution in [0.3, 0.4) is 0 Å². The molecule has 0 heterocycles. The molecule has 1 rings (SSSR count). The summed E-state index contributed by atoms with van der Waals surface area (Å²) in [6.07, 6.45) is 3.31. The summed E-state index contributed by atoms with van der Waals surface area (Å²) in [7, 11) is 1.80. The molecule has 4 heteroatoms. The van der Waals surface area contributed by atoms with Gasteiger partial charge in [-0.1, -0.05) is 24.3 Å². The number of hydrogen-bond donors (Lipinski definition) is 2. The monoisotopic (exact) mass is 223 g/mol.